The lowest BCUT2D eigenvalue weighted by atomic mass is 10.1. The predicted molar refractivity (Wildman–Crippen MR) is 96.7 cm³/mol. The number of anilines is 1. The first kappa shape index (κ1) is 18.5. The quantitative estimate of drug-likeness (QED) is 0.621. The SMILES string of the molecule is CC=CC(=O)O[C@H](C(=O)Nc1ccc(OC)c(Cl)c1)c1ccccc1. The van der Waals surface area contributed by atoms with Crippen LogP contribution in [0.2, 0.25) is 5.02 Å². The number of nitrogens with one attached hydrogen (secondary N) is 1. The second kappa shape index (κ2) is 8.89. The summed E-state index contributed by atoms with van der Waals surface area (Å²) < 4.78 is 10.4. The molecule has 2 aromatic carbocycles. The number of hydrogen-bond acceptors (Lipinski definition) is 4. The van der Waals surface area contributed by atoms with Crippen LogP contribution in [0.1, 0.15) is 18.6 Å². The van der Waals surface area contributed by atoms with Crippen LogP contribution in [0.5, 0.6) is 5.75 Å². The van der Waals surface area contributed by atoms with Crippen molar-refractivity contribution in [1.82, 2.24) is 0 Å². The maximum absolute atomic E-state index is 12.6. The monoisotopic (exact) mass is 359 g/mol. The van der Waals surface area contributed by atoms with Crippen molar-refractivity contribution in [1.29, 1.82) is 0 Å². The summed E-state index contributed by atoms with van der Waals surface area (Å²) in [6.45, 7) is 1.69. The van der Waals surface area contributed by atoms with Crippen molar-refractivity contribution in [2.75, 3.05) is 12.4 Å². The van der Waals surface area contributed by atoms with Crippen LogP contribution in [0, 0.1) is 0 Å². The predicted octanol–water partition coefficient (Wildman–Crippen LogP) is 4.15. The van der Waals surface area contributed by atoms with Gasteiger partial charge in [-0.15, -0.1) is 0 Å². The summed E-state index contributed by atoms with van der Waals surface area (Å²) in [6.07, 6.45) is 1.73. The first-order valence-electron chi connectivity index (χ1n) is 7.57. The molecule has 0 radical (unpaired) electrons. The third-order valence-electron chi connectivity index (χ3n) is 3.30. The largest absolute Gasteiger partial charge is 0.495 e. The van der Waals surface area contributed by atoms with E-state index in [1.807, 2.05) is 6.07 Å². The van der Waals surface area contributed by atoms with Crippen molar-refractivity contribution in [3.63, 3.8) is 0 Å². The van der Waals surface area contributed by atoms with Gasteiger partial charge in [-0.1, -0.05) is 48.0 Å². The summed E-state index contributed by atoms with van der Waals surface area (Å²) >= 11 is 6.06. The van der Waals surface area contributed by atoms with E-state index in [0.717, 1.165) is 0 Å². The smallest absolute Gasteiger partial charge is 0.331 e. The van der Waals surface area contributed by atoms with Crippen LogP contribution in [0.25, 0.3) is 0 Å². The van der Waals surface area contributed by atoms with E-state index >= 15 is 0 Å². The van der Waals surface area contributed by atoms with Crippen molar-refractivity contribution >= 4 is 29.2 Å². The van der Waals surface area contributed by atoms with Gasteiger partial charge in [0.1, 0.15) is 5.75 Å². The summed E-state index contributed by atoms with van der Waals surface area (Å²) in [5, 5.41) is 3.06. The molecule has 1 amide bonds. The highest BCUT2D eigenvalue weighted by molar-refractivity contribution is 6.32. The number of allylic oxidation sites excluding steroid dienone is 1. The van der Waals surface area contributed by atoms with E-state index in [0.29, 0.717) is 22.0 Å². The van der Waals surface area contributed by atoms with E-state index in [-0.39, 0.29) is 0 Å². The number of benzene rings is 2. The first-order chi connectivity index (χ1) is 12.0. The molecular formula is C19H18ClNO4. The first-order valence-corrected chi connectivity index (χ1v) is 7.95. The van der Waals surface area contributed by atoms with Gasteiger partial charge in [-0.2, -0.15) is 0 Å². The molecule has 0 saturated carbocycles. The highest BCUT2D eigenvalue weighted by atomic mass is 35.5. The second-order valence-corrected chi connectivity index (χ2v) is 5.47. The number of halogens is 1. The third-order valence-corrected chi connectivity index (χ3v) is 3.59. The van der Waals surface area contributed by atoms with E-state index in [1.54, 1.807) is 55.5 Å². The molecule has 2 rings (SSSR count). The van der Waals surface area contributed by atoms with Crippen LogP contribution in [0.15, 0.2) is 60.7 Å². The Hall–Kier alpha value is -2.79. The fourth-order valence-corrected chi connectivity index (χ4v) is 2.40. The van der Waals surface area contributed by atoms with Crippen LogP contribution in [-0.4, -0.2) is 19.0 Å². The molecular weight excluding hydrogens is 342 g/mol. The standard InChI is InChI=1S/C19H18ClNO4/c1-3-7-17(22)25-18(13-8-5-4-6-9-13)19(23)21-14-10-11-16(24-2)15(20)12-14/h3-12,18H,1-2H3,(H,21,23)/t18-/m0/s1. The number of ether oxygens (including phenoxy) is 2. The van der Waals surface area contributed by atoms with Gasteiger partial charge in [-0.05, 0) is 25.1 Å². The maximum atomic E-state index is 12.6. The molecule has 130 valence electrons. The molecule has 0 bridgehead atoms. The lowest BCUT2D eigenvalue weighted by Gasteiger charge is -2.17. The van der Waals surface area contributed by atoms with Crippen molar-refractivity contribution in [3.05, 3.63) is 71.3 Å². The van der Waals surface area contributed by atoms with Crippen LogP contribution in [0.3, 0.4) is 0 Å². The molecule has 0 unspecified atom stereocenters. The molecule has 6 heteroatoms. The topological polar surface area (TPSA) is 64.6 Å². The average Bonchev–Trinajstić information content (AvgIpc) is 2.61. The fraction of sp³-hybridized carbons (Fsp3) is 0.158. The molecule has 0 heterocycles. The van der Waals surface area contributed by atoms with Gasteiger partial charge in [0.25, 0.3) is 5.91 Å². The van der Waals surface area contributed by atoms with E-state index < -0.39 is 18.0 Å². The minimum absolute atomic E-state index is 0.363. The van der Waals surface area contributed by atoms with Gasteiger partial charge in [0, 0.05) is 17.3 Å². The minimum Gasteiger partial charge on any atom is -0.495 e. The highest BCUT2D eigenvalue weighted by Crippen LogP contribution is 2.28. The number of carbonyl (C=O) groups excluding carboxylic acids is 2. The Balaban J connectivity index is 2.23. The summed E-state index contributed by atoms with van der Waals surface area (Å²) in [7, 11) is 1.51. The molecule has 25 heavy (non-hydrogen) atoms. The van der Waals surface area contributed by atoms with Crippen molar-refractivity contribution in [3.8, 4) is 5.75 Å². The Morgan fingerprint density at radius 2 is 1.88 bits per heavy atom. The zero-order chi connectivity index (χ0) is 18.2. The number of methoxy groups -OCH3 is 1. The number of hydrogen-bond donors (Lipinski definition) is 1. The van der Waals surface area contributed by atoms with E-state index in [9.17, 15) is 9.59 Å². The van der Waals surface area contributed by atoms with Crippen molar-refractivity contribution < 1.29 is 19.1 Å². The molecule has 0 aromatic heterocycles. The lowest BCUT2D eigenvalue weighted by Crippen LogP contribution is -2.25. The Morgan fingerprint density at radius 3 is 2.48 bits per heavy atom. The Labute approximate surface area is 151 Å². The highest BCUT2D eigenvalue weighted by Gasteiger charge is 2.24. The number of carbonyl (C=O) groups is 2. The zero-order valence-corrected chi connectivity index (χ0v) is 14.6. The molecule has 0 aliphatic heterocycles. The number of esters is 1. The van der Waals surface area contributed by atoms with Crippen molar-refractivity contribution in [2.45, 2.75) is 13.0 Å². The summed E-state index contributed by atoms with van der Waals surface area (Å²) in [5.41, 5.74) is 1.04. The normalized spacial score (nSPS) is 11.8. The lowest BCUT2D eigenvalue weighted by molar-refractivity contribution is -0.149. The summed E-state index contributed by atoms with van der Waals surface area (Å²) in [6, 6.07) is 13.6. The zero-order valence-electron chi connectivity index (χ0n) is 13.9. The Morgan fingerprint density at radius 1 is 1.16 bits per heavy atom. The molecule has 1 atom stereocenters. The molecule has 2 aromatic rings. The van der Waals surface area contributed by atoms with Gasteiger partial charge in [-0.25, -0.2) is 4.79 Å². The number of rotatable bonds is 6. The van der Waals surface area contributed by atoms with Crippen LogP contribution in [0.4, 0.5) is 5.69 Å². The molecule has 1 N–H and O–H groups in total. The molecule has 5 nitrogen and oxygen atoms in total. The van der Waals surface area contributed by atoms with Crippen LogP contribution < -0.4 is 10.1 Å². The molecule has 0 aliphatic carbocycles. The van der Waals surface area contributed by atoms with Gasteiger partial charge in [0.05, 0.1) is 12.1 Å². The van der Waals surface area contributed by atoms with Gasteiger partial charge in [0.15, 0.2) is 0 Å². The Bertz CT molecular complexity index is 774. The minimum atomic E-state index is -1.08. The fourth-order valence-electron chi connectivity index (χ4n) is 2.14. The van der Waals surface area contributed by atoms with Crippen LogP contribution in [-0.2, 0) is 14.3 Å². The van der Waals surface area contributed by atoms with E-state index in [1.165, 1.54) is 13.2 Å². The summed E-state index contributed by atoms with van der Waals surface area (Å²) in [4.78, 5) is 24.4. The van der Waals surface area contributed by atoms with Gasteiger partial charge < -0.3 is 14.8 Å². The van der Waals surface area contributed by atoms with E-state index in [2.05, 4.69) is 5.32 Å². The second-order valence-electron chi connectivity index (χ2n) is 5.07. The molecule has 0 fully saturated rings. The van der Waals surface area contributed by atoms with E-state index in [4.69, 9.17) is 21.1 Å². The van der Waals surface area contributed by atoms with Gasteiger partial charge >= 0.3 is 5.97 Å². The van der Waals surface area contributed by atoms with Crippen LogP contribution >= 0.6 is 11.6 Å². The molecule has 0 saturated heterocycles. The third kappa shape index (κ3) is 5.09. The van der Waals surface area contributed by atoms with Crippen molar-refractivity contribution in [2.24, 2.45) is 0 Å². The average molecular weight is 360 g/mol. The molecule has 0 spiro atoms. The number of amides is 1. The van der Waals surface area contributed by atoms with Gasteiger partial charge in [0.2, 0.25) is 6.10 Å². The molecule has 0 aliphatic rings. The van der Waals surface area contributed by atoms with Gasteiger partial charge in [-0.3, -0.25) is 4.79 Å². The maximum Gasteiger partial charge on any atom is 0.331 e. The summed E-state index contributed by atoms with van der Waals surface area (Å²) in [5.74, 6) is -0.580. The Kier molecular flexibility index (Phi) is 6.60.